The maximum absolute atomic E-state index is 13.0. The molecule has 0 atom stereocenters. The molecule has 6 heteroatoms. The van der Waals surface area contributed by atoms with Crippen molar-refractivity contribution in [2.45, 2.75) is 6.54 Å². The number of aromatic carboxylic acids is 1. The number of carboxylic acid groups (broad SMARTS) is 1. The van der Waals surface area contributed by atoms with Gasteiger partial charge in [0.1, 0.15) is 11.6 Å². The van der Waals surface area contributed by atoms with Crippen LogP contribution in [-0.2, 0) is 6.54 Å². The maximum Gasteiger partial charge on any atom is 0.337 e. The van der Waals surface area contributed by atoms with Crippen molar-refractivity contribution in [1.82, 2.24) is 4.57 Å². The number of nitrogens with zero attached hydrogens (tertiary/aromatic N) is 1. The molecule has 1 N–H and O–H groups in total. The van der Waals surface area contributed by atoms with Crippen molar-refractivity contribution in [1.29, 1.82) is 0 Å². The van der Waals surface area contributed by atoms with Crippen LogP contribution < -0.4 is 0 Å². The molecular formula is C12H8BrF2NO2. The average Bonchev–Trinajstić information content (AvgIpc) is 2.59. The number of hydrogen-bond donors (Lipinski definition) is 1. The van der Waals surface area contributed by atoms with Gasteiger partial charge in [-0.25, -0.2) is 13.6 Å². The lowest BCUT2D eigenvalue weighted by Crippen LogP contribution is -2.00. The first kappa shape index (κ1) is 12.8. The molecule has 0 spiro atoms. The number of aromatic nitrogens is 1. The predicted molar refractivity (Wildman–Crippen MR) is 64.6 cm³/mol. The zero-order valence-electron chi connectivity index (χ0n) is 9.03. The number of halogens is 3. The standard InChI is InChI=1S/C12H8BrF2NO2/c13-11-3-8(12(17)18)6-16(11)5-7-1-9(14)4-10(15)2-7/h1-4,6H,5H2,(H,17,18). The van der Waals surface area contributed by atoms with Gasteiger partial charge in [0.2, 0.25) is 0 Å². The van der Waals surface area contributed by atoms with Crippen LogP contribution in [0.4, 0.5) is 8.78 Å². The topological polar surface area (TPSA) is 42.2 Å². The van der Waals surface area contributed by atoms with E-state index in [1.165, 1.54) is 24.4 Å². The normalized spacial score (nSPS) is 10.6. The van der Waals surface area contributed by atoms with Gasteiger partial charge in [0.05, 0.1) is 10.2 Å². The number of benzene rings is 1. The van der Waals surface area contributed by atoms with Crippen LogP contribution in [0.1, 0.15) is 15.9 Å². The minimum Gasteiger partial charge on any atom is -0.478 e. The molecule has 0 saturated carbocycles. The second-order valence-corrected chi connectivity index (χ2v) is 4.57. The highest BCUT2D eigenvalue weighted by molar-refractivity contribution is 9.10. The molecule has 0 unspecified atom stereocenters. The summed E-state index contributed by atoms with van der Waals surface area (Å²) in [6.07, 6.45) is 1.40. The minimum absolute atomic E-state index is 0.110. The van der Waals surface area contributed by atoms with Crippen LogP contribution in [0.25, 0.3) is 0 Å². The Morgan fingerprint density at radius 3 is 2.33 bits per heavy atom. The van der Waals surface area contributed by atoms with Gasteiger partial charge in [0.25, 0.3) is 0 Å². The summed E-state index contributed by atoms with van der Waals surface area (Å²) in [6, 6.07) is 4.63. The van der Waals surface area contributed by atoms with E-state index in [2.05, 4.69) is 15.9 Å². The van der Waals surface area contributed by atoms with Crippen molar-refractivity contribution in [3.8, 4) is 0 Å². The fourth-order valence-corrected chi connectivity index (χ4v) is 2.09. The van der Waals surface area contributed by atoms with E-state index >= 15 is 0 Å². The molecule has 0 bridgehead atoms. The number of carbonyl (C=O) groups is 1. The van der Waals surface area contributed by atoms with Gasteiger partial charge in [-0.15, -0.1) is 0 Å². The van der Waals surface area contributed by atoms with Crippen molar-refractivity contribution in [3.05, 3.63) is 57.8 Å². The summed E-state index contributed by atoms with van der Waals surface area (Å²) in [6.45, 7) is 0.183. The van der Waals surface area contributed by atoms with E-state index < -0.39 is 17.6 Å². The molecule has 0 saturated heterocycles. The third-order valence-corrected chi connectivity index (χ3v) is 3.05. The van der Waals surface area contributed by atoms with Gasteiger partial charge >= 0.3 is 5.97 Å². The van der Waals surface area contributed by atoms with Gasteiger partial charge in [-0.3, -0.25) is 0 Å². The third-order valence-electron chi connectivity index (χ3n) is 2.37. The zero-order valence-corrected chi connectivity index (χ0v) is 10.6. The Bertz CT molecular complexity index is 590. The summed E-state index contributed by atoms with van der Waals surface area (Å²) in [7, 11) is 0. The SMILES string of the molecule is O=C(O)c1cc(Br)n(Cc2cc(F)cc(F)c2)c1. The van der Waals surface area contributed by atoms with Gasteiger partial charge in [-0.1, -0.05) is 0 Å². The Kier molecular flexibility index (Phi) is 3.47. The lowest BCUT2D eigenvalue weighted by Gasteiger charge is -2.05. The smallest absolute Gasteiger partial charge is 0.337 e. The van der Waals surface area contributed by atoms with E-state index in [1.54, 1.807) is 4.57 Å². The van der Waals surface area contributed by atoms with E-state index in [0.29, 0.717) is 10.2 Å². The Hall–Kier alpha value is -1.69. The average molecular weight is 316 g/mol. The van der Waals surface area contributed by atoms with E-state index in [0.717, 1.165) is 6.07 Å². The fourth-order valence-electron chi connectivity index (χ4n) is 1.62. The van der Waals surface area contributed by atoms with E-state index in [4.69, 9.17) is 5.11 Å². The van der Waals surface area contributed by atoms with Gasteiger partial charge in [-0.2, -0.15) is 0 Å². The van der Waals surface area contributed by atoms with Gasteiger partial charge in [0, 0.05) is 18.8 Å². The van der Waals surface area contributed by atoms with Crippen LogP contribution in [0.2, 0.25) is 0 Å². The second kappa shape index (κ2) is 4.89. The first-order chi connectivity index (χ1) is 8.45. The van der Waals surface area contributed by atoms with Crippen LogP contribution in [0.5, 0.6) is 0 Å². The van der Waals surface area contributed by atoms with Crippen molar-refractivity contribution >= 4 is 21.9 Å². The highest BCUT2D eigenvalue weighted by Crippen LogP contribution is 2.18. The molecule has 2 rings (SSSR count). The number of hydrogen-bond acceptors (Lipinski definition) is 1. The molecule has 18 heavy (non-hydrogen) atoms. The van der Waals surface area contributed by atoms with Crippen LogP contribution >= 0.6 is 15.9 Å². The molecule has 3 nitrogen and oxygen atoms in total. The highest BCUT2D eigenvalue weighted by Gasteiger charge is 2.10. The molecule has 1 aromatic carbocycles. The molecule has 0 aliphatic carbocycles. The van der Waals surface area contributed by atoms with Crippen LogP contribution in [0.15, 0.2) is 35.1 Å². The molecule has 0 fully saturated rings. The molecule has 0 aliphatic rings. The lowest BCUT2D eigenvalue weighted by molar-refractivity contribution is 0.0697. The summed E-state index contributed by atoms with van der Waals surface area (Å²) in [4.78, 5) is 10.8. The van der Waals surface area contributed by atoms with Crippen molar-refractivity contribution in [3.63, 3.8) is 0 Å². The molecule has 0 aliphatic heterocycles. The summed E-state index contributed by atoms with van der Waals surface area (Å²) in [5.41, 5.74) is 0.527. The van der Waals surface area contributed by atoms with Gasteiger partial charge < -0.3 is 9.67 Å². The van der Waals surface area contributed by atoms with Crippen LogP contribution in [0.3, 0.4) is 0 Å². The summed E-state index contributed by atoms with van der Waals surface area (Å²) >= 11 is 3.19. The molecule has 2 aromatic rings. The molecule has 94 valence electrons. The Morgan fingerprint density at radius 2 is 1.83 bits per heavy atom. The molecule has 0 radical (unpaired) electrons. The summed E-state index contributed by atoms with van der Waals surface area (Å²) < 4.78 is 28.1. The predicted octanol–water partition coefficient (Wildman–Crippen LogP) is 3.28. The molecule has 0 amide bonds. The third kappa shape index (κ3) is 2.76. The van der Waals surface area contributed by atoms with Crippen LogP contribution in [-0.4, -0.2) is 15.6 Å². The van der Waals surface area contributed by atoms with E-state index in [9.17, 15) is 13.6 Å². The zero-order chi connectivity index (χ0) is 13.3. The van der Waals surface area contributed by atoms with Gasteiger partial charge in [0.15, 0.2) is 0 Å². The Morgan fingerprint density at radius 1 is 1.22 bits per heavy atom. The Balaban J connectivity index is 2.30. The minimum atomic E-state index is -1.06. The van der Waals surface area contributed by atoms with Crippen molar-refractivity contribution in [2.24, 2.45) is 0 Å². The molecule has 1 heterocycles. The second-order valence-electron chi connectivity index (χ2n) is 3.76. The van der Waals surface area contributed by atoms with Crippen molar-refractivity contribution < 1.29 is 18.7 Å². The molecule has 1 aromatic heterocycles. The fraction of sp³-hybridized carbons (Fsp3) is 0.0833. The summed E-state index contributed by atoms with van der Waals surface area (Å²) in [5.74, 6) is -2.38. The molecular weight excluding hydrogens is 308 g/mol. The first-order valence-corrected chi connectivity index (χ1v) is 5.79. The quantitative estimate of drug-likeness (QED) is 0.944. The van der Waals surface area contributed by atoms with E-state index in [-0.39, 0.29) is 12.1 Å². The highest BCUT2D eigenvalue weighted by atomic mass is 79.9. The maximum atomic E-state index is 13.0. The Labute approximate surface area is 110 Å². The number of carboxylic acids is 1. The van der Waals surface area contributed by atoms with Crippen molar-refractivity contribution in [2.75, 3.05) is 0 Å². The van der Waals surface area contributed by atoms with Crippen LogP contribution in [0, 0.1) is 11.6 Å². The van der Waals surface area contributed by atoms with Gasteiger partial charge in [-0.05, 0) is 39.7 Å². The summed E-state index contributed by atoms with van der Waals surface area (Å²) in [5, 5.41) is 8.82. The monoisotopic (exact) mass is 315 g/mol. The number of rotatable bonds is 3. The largest absolute Gasteiger partial charge is 0.478 e. The van der Waals surface area contributed by atoms with E-state index in [1.807, 2.05) is 0 Å². The lowest BCUT2D eigenvalue weighted by atomic mass is 10.2. The first-order valence-electron chi connectivity index (χ1n) is 4.99.